The van der Waals surface area contributed by atoms with Gasteiger partial charge in [-0.25, -0.2) is 4.98 Å². The van der Waals surface area contributed by atoms with Gasteiger partial charge >= 0.3 is 0 Å². The fraction of sp³-hybridized carbons (Fsp3) is 0.250. The third-order valence-electron chi connectivity index (χ3n) is 3.60. The minimum absolute atomic E-state index is 0.332. The van der Waals surface area contributed by atoms with Gasteiger partial charge in [-0.05, 0) is 18.1 Å². The maximum atomic E-state index is 10.9. The van der Waals surface area contributed by atoms with E-state index in [-0.39, 0.29) is 0 Å². The molecule has 1 aliphatic rings. The molecule has 106 valence electrons. The zero-order valence-electron chi connectivity index (χ0n) is 11.5. The lowest BCUT2D eigenvalue weighted by Crippen LogP contribution is -2.31. The number of fused-ring (bicyclic) bond motifs is 1. The lowest BCUT2D eigenvalue weighted by Gasteiger charge is -2.23. The van der Waals surface area contributed by atoms with Crippen molar-refractivity contribution in [1.82, 2.24) is 15.3 Å². The van der Waals surface area contributed by atoms with E-state index in [0.717, 1.165) is 17.6 Å². The predicted octanol–water partition coefficient (Wildman–Crippen LogP) is 2.19. The number of carbonyl (C=O) groups is 1. The summed E-state index contributed by atoms with van der Waals surface area (Å²) in [5, 5.41) is 10.7. The number of carbonyl (C=O) groups excluding carboxylic acids is 1. The van der Waals surface area contributed by atoms with Crippen molar-refractivity contribution < 1.29 is 4.79 Å². The molecule has 0 radical (unpaired) electrons. The Balaban J connectivity index is 1.74. The van der Waals surface area contributed by atoms with Crippen LogP contribution in [0.1, 0.15) is 18.5 Å². The molecule has 0 aliphatic heterocycles. The van der Waals surface area contributed by atoms with Crippen molar-refractivity contribution >= 4 is 28.6 Å². The second-order valence-electron chi connectivity index (χ2n) is 5.21. The maximum absolute atomic E-state index is 10.9. The molecule has 0 bridgehead atoms. The van der Waals surface area contributed by atoms with Gasteiger partial charge in [-0.3, -0.25) is 9.78 Å². The number of rotatable bonds is 5. The number of nitrogens with one attached hydrogen (secondary N) is 2. The highest BCUT2D eigenvalue weighted by Crippen LogP contribution is 2.21. The molecule has 3 rings (SSSR count). The van der Waals surface area contributed by atoms with Gasteiger partial charge in [0.15, 0.2) is 0 Å². The smallest absolute Gasteiger partial charge is 0.133 e. The molecule has 1 aromatic heterocycles. The quantitative estimate of drug-likeness (QED) is 0.823. The van der Waals surface area contributed by atoms with Crippen LogP contribution in [0.15, 0.2) is 36.7 Å². The Morgan fingerprint density at radius 3 is 2.81 bits per heavy atom. The van der Waals surface area contributed by atoms with Crippen LogP contribution in [-0.2, 0) is 4.79 Å². The Kier molecular flexibility index (Phi) is 3.73. The summed E-state index contributed by atoms with van der Waals surface area (Å²) in [4.78, 5) is 19.8. The van der Waals surface area contributed by atoms with E-state index < -0.39 is 0 Å². The van der Waals surface area contributed by atoms with Gasteiger partial charge in [0.05, 0.1) is 22.9 Å². The summed E-state index contributed by atoms with van der Waals surface area (Å²) in [6.45, 7) is 0.754. The van der Waals surface area contributed by atoms with Crippen molar-refractivity contribution in [3.05, 3.63) is 42.4 Å². The second kappa shape index (κ2) is 5.83. The topological polar surface area (TPSA) is 78.7 Å². The van der Waals surface area contributed by atoms with Crippen LogP contribution in [0.3, 0.4) is 0 Å². The average molecular weight is 280 g/mol. The number of hydrogen-bond acceptors (Lipinski definition) is 5. The van der Waals surface area contributed by atoms with Crippen molar-refractivity contribution in [2.75, 3.05) is 6.54 Å². The lowest BCUT2D eigenvalue weighted by molar-refractivity contribution is -0.126. The molecule has 2 N–H and O–H groups in total. The van der Waals surface area contributed by atoms with Crippen LogP contribution < -0.4 is 5.32 Å². The Labute approximate surface area is 122 Å². The first kappa shape index (κ1) is 13.4. The number of nitrogens with zero attached hydrogens (tertiary/aromatic N) is 2. The standard InChI is InChI=1S/C16H16N4O/c17-7-12(9-18-8-11-5-13(21)6-11)16-10-19-14-3-1-2-4-15(14)20-16/h1-4,7,9-11,17-18H,5-6,8H2/b12-9+,17-7?. The van der Waals surface area contributed by atoms with Crippen molar-refractivity contribution in [2.45, 2.75) is 12.8 Å². The number of ketones is 1. The first-order valence-corrected chi connectivity index (χ1v) is 6.94. The zero-order chi connectivity index (χ0) is 14.7. The number of aromatic nitrogens is 2. The molecule has 1 heterocycles. The van der Waals surface area contributed by atoms with Crippen molar-refractivity contribution in [3.8, 4) is 0 Å². The van der Waals surface area contributed by atoms with E-state index >= 15 is 0 Å². The largest absolute Gasteiger partial charge is 0.390 e. The van der Waals surface area contributed by atoms with Crippen LogP contribution in [0.2, 0.25) is 0 Å². The molecule has 5 heteroatoms. The van der Waals surface area contributed by atoms with Crippen molar-refractivity contribution in [2.24, 2.45) is 5.92 Å². The summed E-state index contributed by atoms with van der Waals surface area (Å²) in [5.41, 5.74) is 3.00. The highest BCUT2D eigenvalue weighted by atomic mass is 16.1. The molecule has 1 fully saturated rings. The summed E-state index contributed by atoms with van der Waals surface area (Å²) < 4.78 is 0. The Hall–Kier alpha value is -2.56. The van der Waals surface area contributed by atoms with E-state index in [2.05, 4.69) is 15.3 Å². The maximum Gasteiger partial charge on any atom is 0.133 e. The Bertz CT molecular complexity index is 715. The number of allylic oxidation sites excluding steroid dienone is 1. The first-order valence-electron chi connectivity index (χ1n) is 6.94. The molecule has 2 aromatic rings. The highest BCUT2D eigenvalue weighted by molar-refractivity contribution is 6.07. The third kappa shape index (κ3) is 2.97. The molecular formula is C16H16N4O. The molecule has 1 aromatic carbocycles. The van der Waals surface area contributed by atoms with Crippen LogP contribution in [0.5, 0.6) is 0 Å². The monoisotopic (exact) mass is 280 g/mol. The fourth-order valence-electron chi connectivity index (χ4n) is 2.35. The molecule has 0 saturated heterocycles. The second-order valence-corrected chi connectivity index (χ2v) is 5.21. The van der Waals surface area contributed by atoms with E-state index in [4.69, 9.17) is 5.41 Å². The molecule has 0 spiro atoms. The zero-order valence-corrected chi connectivity index (χ0v) is 11.5. The minimum atomic E-state index is 0.332. The van der Waals surface area contributed by atoms with Gasteiger partial charge in [0.25, 0.3) is 0 Å². The predicted molar refractivity (Wildman–Crippen MR) is 82.0 cm³/mol. The SMILES string of the molecule is N=C/C(=C\NCC1CC(=O)C1)c1cnc2ccccc2n1. The molecule has 21 heavy (non-hydrogen) atoms. The van der Waals surface area contributed by atoms with Crippen LogP contribution >= 0.6 is 0 Å². The Morgan fingerprint density at radius 2 is 2.10 bits per heavy atom. The molecule has 0 unspecified atom stereocenters. The number of hydrogen-bond donors (Lipinski definition) is 2. The minimum Gasteiger partial charge on any atom is -0.390 e. The summed E-state index contributed by atoms with van der Waals surface area (Å²) in [7, 11) is 0. The van der Waals surface area contributed by atoms with Gasteiger partial charge in [-0.2, -0.15) is 0 Å². The van der Waals surface area contributed by atoms with Gasteiger partial charge in [0.1, 0.15) is 5.78 Å². The summed E-state index contributed by atoms with van der Waals surface area (Å²) in [6.07, 6.45) is 6.03. The van der Waals surface area contributed by atoms with E-state index in [1.807, 2.05) is 24.3 Å². The van der Waals surface area contributed by atoms with Crippen LogP contribution in [0.4, 0.5) is 0 Å². The summed E-state index contributed by atoms with van der Waals surface area (Å²) in [5.74, 6) is 0.752. The fourth-order valence-corrected chi connectivity index (χ4v) is 2.35. The van der Waals surface area contributed by atoms with E-state index in [9.17, 15) is 4.79 Å². The molecule has 1 aliphatic carbocycles. The van der Waals surface area contributed by atoms with Gasteiger partial charge in [0, 0.05) is 37.4 Å². The molecule has 0 atom stereocenters. The number of benzene rings is 1. The average Bonchev–Trinajstić information content (AvgIpc) is 2.49. The van der Waals surface area contributed by atoms with Crippen LogP contribution in [0, 0.1) is 11.3 Å². The molecule has 5 nitrogen and oxygen atoms in total. The normalized spacial score (nSPS) is 15.8. The van der Waals surface area contributed by atoms with E-state index in [0.29, 0.717) is 35.8 Å². The van der Waals surface area contributed by atoms with E-state index in [1.165, 1.54) is 6.21 Å². The van der Waals surface area contributed by atoms with Crippen LogP contribution in [0.25, 0.3) is 16.6 Å². The van der Waals surface area contributed by atoms with Crippen LogP contribution in [-0.4, -0.2) is 28.5 Å². The van der Waals surface area contributed by atoms with Crippen molar-refractivity contribution in [1.29, 1.82) is 5.41 Å². The summed E-state index contributed by atoms with van der Waals surface area (Å²) in [6, 6.07) is 7.65. The highest BCUT2D eigenvalue weighted by Gasteiger charge is 2.25. The molecule has 0 amide bonds. The van der Waals surface area contributed by atoms with E-state index in [1.54, 1.807) is 12.4 Å². The summed E-state index contributed by atoms with van der Waals surface area (Å²) >= 11 is 0. The van der Waals surface area contributed by atoms with Crippen molar-refractivity contribution in [3.63, 3.8) is 0 Å². The number of Topliss-reactive ketones (excluding diaryl/α,β-unsaturated/α-hetero) is 1. The third-order valence-corrected chi connectivity index (χ3v) is 3.60. The molecule has 1 saturated carbocycles. The van der Waals surface area contributed by atoms with Gasteiger partial charge < -0.3 is 10.7 Å². The Morgan fingerprint density at radius 1 is 1.33 bits per heavy atom. The van der Waals surface area contributed by atoms with Gasteiger partial charge in [-0.1, -0.05) is 12.1 Å². The lowest BCUT2D eigenvalue weighted by atomic mass is 9.84. The number of para-hydroxylation sites is 2. The van der Waals surface area contributed by atoms with Gasteiger partial charge in [-0.15, -0.1) is 0 Å². The van der Waals surface area contributed by atoms with Gasteiger partial charge in [0.2, 0.25) is 0 Å². The first-order chi connectivity index (χ1) is 10.3. The molecular weight excluding hydrogens is 264 g/mol.